The fourth-order valence-corrected chi connectivity index (χ4v) is 13.2. The van der Waals surface area contributed by atoms with Crippen molar-refractivity contribution in [2.75, 3.05) is 38.3 Å². The van der Waals surface area contributed by atoms with E-state index in [0.29, 0.717) is 19.8 Å². The first kappa shape index (κ1) is 54.4. The number of ether oxygens (including phenoxy) is 3. The molecule has 6 aromatic carbocycles. The maximum atomic E-state index is 10.8. The molecule has 0 spiro atoms. The zero-order valence-electron chi connectivity index (χ0n) is 36.4. The predicted octanol–water partition coefficient (Wildman–Crippen LogP) is 9.03. The average Bonchev–Trinajstić information content (AvgIpc) is 3.31. The molecule has 11 heteroatoms. The zero-order valence-corrected chi connectivity index (χ0v) is 40.7. The van der Waals surface area contributed by atoms with Gasteiger partial charge in [0.15, 0.2) is 0 Å². The Morgan fingerprint density at radius 2 is 0.508 bits per heavy atom. The molecule has 0 N–H and O–H groups in total. The molecular formula is C52H59O7P3Rh. The largest absolute Gasteiger partial charge is 0.466 e. The molecule has 0 aliphatic rings. The Bertz CT molecular complexity index is 1730. The van der Waals surface area contributed by atoms with Crippen LogP contribution >= 0.6 is 23.8 Å². The summed E-state index contributed by atoms with van der Waals surface area (Å²) >= 11 is 0. The summed E-state index contributed by atoms with van der Waals surface area (Å²) in [6.45, 7) is 7.89. The summed E-state index contributed by atoms with van der Waals surface area (Å²) in [5, 5.41) is 8.23. The van der Waals surface area contributed by atoms with Crippen LogP contribution in [0, 0.1) is 0 Å². The Balaban J connectivity index is 0.000000316. The molecule has 0 amide bonds. The van der Waals surface area contributed by atoms with Crippen LogP contribution in [0.2, 0.25) is 0 Å². The van der Waals surface area contributed by atoms with E-state index in [2.05, 4.69) is 146 Å². The van der Waals surface area contributed by atoms with Gasteiger partial charge < -0.3 is 19.0 Å². The van der Waals surface area contributed by atoms with E-state index in [-0.39, 0.29) is 61.2 Å². The van der Waals surface area contributed by atoms with E-state index in [9.17, 15) is 14.4 Å². The van der Waals surface area contributed by atoms with Gasteiger partial charge in [-0.1, -0.05) is 182 Å². The summed E-state index contributed by atoms with van der Waals surface area (Å²) < 4.78 is 15.1. The standard InChI is InChI=1S/3C17H19O2P.CH2O.Rh/c3*1-15(18)19-13-8-14-20(16-9-4-2-5-10-16)17-11-6-3-7-12-17;1-2;/h3*2-7,9-12H,8,13-14H2,1H3;1H2;. The quantitative estimate of drug-likeness (QED) is 0.0279. The second-order valence-corrected chi connectivity index (χ2v) is 20.6. The smallest absolute Gasteiger partial charge is 0.302 e. The van der Waals surface area contributed by atoms with Gasteiger partial charge in [0.1, 0.15) is 6.79 Å². The van der Waals surface area contributed by atoms with Gasteiger partial charge in [-0.3, -0.25) is 14.4 Å². The molecule has 7 nitrogen and oxygen atoms in total. The monoisotopic (exact) mass is 991 g/mol. The van der Waals surface area contributed by atoms with Crippen LogP contribution in [0.3, 0.4) is 0 Å². The summed E-state index contributed by atoms with van der Waals surface area (Å²) in [7, 11) is -1.12. The Kier molecular flexibility index (Phi) is 29.2. The number of hydrogen-bond acceptors (Lipinski definition) is 7. The van der Waals surface area contributed by atoms with E-state index >= 15 is 0 Å². The van der Waals surface area contributed by atoms with Gasteiger partial charge in [0.2, 0.25) is 0 Å². The molecule has 0 saturated heterocycles. The Labute approximate surface area is 391 Å². The summed E-state index contributed by atoms with van der Waals surface area (Å²) in [6.07, 6.45) is 5.81. The predicted molar refractivity (Wildman–Crippen MR) is 263 cm³/mol. The van der Waals surface area contributed by atoms with Crippen molar-refractivity contribution in [1.29, 1.82) is 0 Å². The van der Waals surface area contributed by atoms with E-state index in [4.69, 9.17) is 19.0 Å². The van der Waals surface area contributed by atoms with Gasteiger partial charge in [-0.05, 0) is 93.3 Å². The third-order valence-corrected chi connectivity index (χ3v) is 16.7. The van der Waals surface area contributed by atoms with Gasteiger partial charge in [0.25, 0.3) is 0 Å². The number of carbonyl (C=O) groups is 4. The second-order valence-electron chi connectivity index (χ2n) is 13.5. The molecule has 0 aromatic heterocycles. The Morgan fingerprint density at radius 1 is 0.349 bits per heavy atom. The van der Waals surface area contributed by atoms with E-state index in [1.165, 1.54) is 52.6 Å². The van der Waals surface area contributed by atoms with Crippen molar-refractivity contribution < 1.29 is 52.9 Å². The normalized spacial score (nSPS) is 10.1. The van der Waals surface area contributed by atoms with Crippen molar-refractivity contribution in [2.45, 2.75) is 40.0 Å². The summed E-state index contributed by atoms with van der Waals surface area (Å²) in [6, 6.07) is 63.5. The number of carbonyl (C=O) groups excluding carboxylic acids is 4. The van der Waals surface area contributed by atoms with Crippen molar-refractivity contribution in [3.63, 3.8) is 0 Å². The second kappa shape index (κ2) is 33.8. The maximum absolute atomic E-state index is 10.8. The zero-order chi connectivity index (χ0) is 44.6. The molecule has 6 rings (SSSR count). The van der Waals surface area contributed by atoms with E-state index in [0.717, 1.165) is 37.7 Å². The van der Waals surface area contributed by atoms with Crippen LogP contribution in [0.4, 0.5) is 0 Å². The third kappa shape index (κ3) is 22.5. The number of hydrogen-bond donors (Lipinski definition) is 0. The number of esters is 3. The van der Waals surface area contributed by atoms with E-state index in [1.54, 1.807) is 0 Å². The van der Waals surface area contributed by atoms with Gasteiger partial charge >= 0.3 is 17.9 Å². The van der Waals surface area contributed by atoms with Crippen molar-refractivity contribution >= 4 is 80.3 Å². The van der Waals surface area contributed by atoms with Crippen LogP contribution in [0.15, 0.2) is 182 Å². The molecular weight excluding hydrogens is 932 g/mol. The van der Waals surface area contributed by atoms with Crippen LogP contribution in [-0.2, 0) is 52.9 Å². The minimum Gasteiger partial charge on any atom is -0.466 e. The van der Waals surface area contributed by atoms with Crippen molar-refractivity contribution in [3.05, 3.63) is 182 Å². The molecule has 0 heterocycles. The molecule has 0 saturated carbocycles. The number of benzene rings is 6. The molecule has 0 aliphatic heterocycles. The fourth-order valence-electron chi connectivity index (χ4n) is 6.19. The van der Waals surface area contributed by atoms with Gasteiger partial charge in [-0.15, -0.1) is 0 Å². The Morgan fingerprint density at radius 3 is 0.651 bits per heavy atom. The average molecular weight is 992 g/mol. The minimum atomic E-state index is -0.373. The SMILES string of the molecule is C=O.CC(=O)OCCCP(c1ccccc1)c1ccccc1.CC(=O)OCCCP(c1ccccc1)c1ccccc1.CC(=O)OCCCP(c1ccccc1)c1ccccc1.[Rh]. The first-order chi connectivity index (χ1) is 30.3. The number of rotatable bonds is 18. The molecule has 0 fully saturated rings. The van der Waals surface area contributed by atoms with Gasteiger partial charge in [-0.2, -0.15) is 0 Å². The first-order valence-electron chi connectivity index (χ1n) is 20.6. The first-order valence-corrected chi connectivity index (χ1v) is 25.2. The van der Waals surface area contributed by atoms with Gasteiger partial charge in [-0.25, -0.2) is 0 Å². The minimum absolute atomic E-state index is 0. The molecule has 1 radical (unpaired) electrons. The summed E-state index contributed by atoms with van der Waals surface area (Å²) in [4.78, 5) is 40.4. The fraction of sp³-hybridized carbons (Fsp3) is 0.231. The van der Waals surface area contributed by atoms with E-state index < -0.39 is 0 Å². The van der Waals surface area contributed by atoms with Crippen LogP contribution in [-0.4, -0.2) is 63.0 Å². The molecule has 0 atom stereocenters. The van der Waals surface area contributed by atoms with Crippen molar-refractivity contribution in [3.8, 4) is 0 Å². The molecule has 0 aliphatic carbocycles. The van der Waals surface area contributed by atoms with E-state index in [1.807, 2.05) is 43.2 Å². The summed E-state index contributed by atoms with van der Waals surface area (Å²) in [5.41, 5.74) is 0. The summed E-state index contributed by atoms with van der Waals surface area (Å²) in [5.74, 6) is -0.601. The van der Waals surface area contributed by atoms with Crippen LogP contribution in [0.25, 0.3) is 0 Å². The van der Waals surface area contributed by atoms with Crippen LogP contribution in [0.1, 0.15) is 40.0 Å². The molecule has 333 valence electrons. The van der Waals surface area contributed by atoms with Gasteiger partial charge in [0, 0.05) is 40.2 Å². The third-order valence-electron chi connectivity index (χ3n) is 8.90. The van der Waals surface area contributed by atoms with Crippen LogP contribution in [0.5, 0.6) is 0 Å². The molecule has 63 heavy (non-hydrogen) atoms. The molecule has 0 unspecified atom stereocenters. The van der Waals surface area contributed by atoms with Gasteiger partial charge in [0.05, 0.1) is 19.8 Å². The Hall–Kier alpha value is -4.69. The van der Waals surface area contributed by atoms with Crippen LogP contribution < -0.4 is 31.8 Å². The maximum Gasteiger partial charge on any atom is 0.302 e. The van der Waals surface area contributed by atoms with Crippen molar-refractivity contribution in [2.24, 2.45) is 0 Å². The topological polar surface area (TPSA) is 96.0 Å². The van der Waals surface area contributed by atoms with Crippen molar-refractivity contribution in [1.82, 2.24) is 0 Å². The molecule has 6 aromatic rings. The molecule has 0 bridgehead atoms.